The van der Waals surface area contributed by atoms with Crippen LogP contribution < -0.4 is 15.2 Å². The molecular formula is C13H15NO5. The summed E-state index contributed by atoms with van der Waals surface area (Å²) in [6.45, 7) is 0.891. The van der Waals surface area contributed by atoms with Gasteiger partial charge in [0.1, 0.15) is 13.2 Å². The zero-order valence-electron chi connectivity index (χ0n) is 10.3. The van der Waals surface area contributed by atoms with Crippen molar-refractivity contribution in [3.05, 3.63) is 17.7 Å². The van der Waals surface area contributed by atoms with Crippen LogP contribution in [0.1, 0.15) is 29.6 Å². The molecule has 0 saturated heterocycles. The van der Waals surface area contributed by atoms with Crippen LogP contribution in [0.2, 0.25) is 0 Å². The Morgan fingerprint density at radius 2 is 1.79 bits per heavy atom. The summed E-state index contributed by atoms with van der Waals surface area (Å²) in [4.78, 5) is 22.4. The van der Waals surface area contributed by atoms with Crippen LogP contribution in [-0.2, 0) is 4.79 Å². The maximum Gasteiger partial charge on any atom is 0.303 e. The van der Waals surface area contributed by atoms with Gasteiger partial charge < -0.3 is 20.3 Å². The smallest absolute Gasteiger partial charge is 0.303 e. The fourth-order valence-electron chi connectivity index (χ4n) is 1.88. The second-order valence-electron chi connectivity index (χ2n) is 4.25. The summed E-state index contributed by atoms with van der Waals surface area (Å²) in [7, 11) is 0. The molecule has 0 aliphatic carbocycles. The van der Waals surface area contributed by atoms with Crippen molar-refractivity contribution >= 4 is 17.4 Å². The highest BCUT2D eigenvalue weighted by Gasteiger charge is 2.18. The number of ketones is 1. The first-order chi connectivity index (χ1) is 9.08. The molecule has 1 aliphatic heterocycles. The molecule has 1 aromatic rings. The van der Waals surface area contributed by atoms with Crippen molar-refractivity contribution in [2.24, 2.45) is 0 Å². The van der Waals surface area contributed by atoms with E-state index in [0.29, 0.717) is 42.4 Å². The first-order valence-corrected chi connectivity index (χ1v) is 6.02. The molecule has 2 rings (SSSR count). The molecule has 6 nitrogen and oxygen atoms in total. The molecule has 0 saturated carbocycles. The molecule has 0 atom stereocenters. The third kappa shape index (κ3) is 3.15. The molecule has 0 fully saturated rings. The number of benzene rings is 1. The maximum absolute atomic E-state index is 12.0. The monoisotopic (exact) mass is 265 g/mol. The first kappa shape index (κ1) is 13.2. The maximum atomic E-state index is 12.0. The van der Waals surface area contributed by atoms with Gasteiger partial charge in [0.15, 0.2) is 17.3 Å². The fraction of sp³-hybridized carbons (Fsp3) is 0.385. The lowest BCUT2D eigenvalue weighted by atomic mass is 10.0. The summed E-state index contributed by atoms with van der Waals surface area (Å²) in [6, 6.07) is 3.13. The van der Waals surface area contributed by atoms with Gasteiger partial charge in [-0.25, -0.2) is 0 Å². The summed E-state index contributed by atoms with van der Waals surface area (Å²) in [5, 5.41) is 8.54. The van der Waals surface area contributed by atoms with E-state index < -0.39 is 5.97 Å². The van der Waals surface area contributed by atoms with Crippen LogP contribution in [0.4, 0.5) is 5.69 Å². The zero-order chi connectivity index (χ0) is 13.8. The Balaban J connectivity index is 2.11. The molecule has 19 heavy (non-hydrogen) atoms. The van der Waals surface area contributed by atoms with Gasteiger partial charge in [-0.1, -0.05) is 0 Å². The molecule has 0 spiro atoms. The van der Waals surface area contributed by atoms with E-state index in [1.54, 1.807) is 12.1 Å². The van der Waals surface area contributed by atoms with Gasteiger partial charge in [-0.05, 0) is 12.5 Å². The largest absolute Gasteiger partial charge is 0.486 e. The summed E-state index contributed by atoms with van der Waals surface area (Å²) in [6.07, 6.45) is 0.411. The lowest BCUT2D eigenvalue weighted by Crippen LogP contribution is -2.16. The minimum atomic E-state index is -0.914. The topological polar surface area (TPSA) is 98.9 Å². The number of nitrogen functional groups attached to an aromatic ring is 1. The van der Waals surface area contributed by atoms with E-state index in [4.69, 9.17) is 20.3 Å². The number of Topliss-reactive ketones (excluding diaryl/α,β-unsaturated/α-hetero) is 1. The average Bonchev–Trinajstić information content (AvgIpc) is 2.37. The second-order valence-corrected chi connectivity index (χ2v) is 4.25. The van der Waals surface area contributed by atoms with Gasteiger partial charge in [0, 0.05) is 30.2 Å². The number of hydrogen-bond donors (Lipinski definition) is 2. The number of aliphatic carboxylic acids is 1. The molecule has 0 aromatic heterocycles. The van der Waals surface area contributed by atoms with Crippen molar-refractivity contribution in [2.75, 3.05) is 18.9 Å². The summed E-state index contributed by atoms with van der Waals surface area (Å²) < 4.78 is 10.7. The van der Waals surface area contributed by atoms with E-state index in [9.17, 15) is 9.59 Å². The highest BCUT2D eigenvalue weighted by molar-refractivity contribution is 6.01. The minimum absolute atomic E-state index is 0.0316. The zero-order valence-corrected chi connectivity index (χ0v) is 10.3. The van der Waals surface area contributed by atoms with Crippen molar-refractivity contribution < 1.29 is 24.2 Å². The van der Waals surface area contributed by atoms with Crippen molar-refractivity contribution in [3.63, 3.8) is 0 Å². The Labute approximate surface area is 110 Å². The Morgan fingerprint density at radius 1 is 1.16 bits per heavy atom. The quantitative estimate of drug-likeness (QED) is 0.618. The number of carbonyl (C=O) groups is 2. The number of rotatable bonds is 5. The summed E-state index contributed by atoms with van der Waals surface area (Å²) in [5.74, 6) is -0.0634. The van der Waals surface area contributed by atoms with E-state index in [0.717, 1.165) is 0 Å². The Morgan fingerprint density at radius 3 is 2.42 bits per heavy atom. The Kier molecular flexibility index (Phi) is 3.89. The molecule has 0 bridgehead atoms. The molecule has 1 heterocycles. The number of hydrogen-bond acceptors (Lipinski definition) is 5. The molecule has 0 unspecified atom stereocenters. The van der Waals surface area contributed by atoms with Crippen LogP contribution in [0.25, 0.3) is 0 Å². The fourth-order valence-corrected chi connectivity index (χ4v) is 1.88. The van der Waals surface area contributed by atoms with Crippen LogP contribution >= 0.6 is 0 Å². The number of ether oxygens (including phenoxy) is 2. The number of carboxylic acids is 1. The van der Waals surface area contributed by atoms with Crippen LogP contribution in [0.5, 0.6) is 11.5 Å². The Bertz CT molecular complexity index is 512. The third-order valence-corrected chi connectivity index (χ3v) is 2.81. The standard InChI is InChI=1S/C13H15NO5/c14-9-7-12-11(18-4-5-19-12)6-8(9)10(15)2-1-3-13(16)17/h6-7H,1-5,14H2,(H,16,17). The number of fused-ring (bicyclic) bond motifs is 1. The molecule has 1 aromatic carbocycles. The molecule has 102 valence electrons. The van der Waals surface area contributed by atoms with E-state index in [1.807, 2.05) is 0 Å². The number of carbonyl (C=O) groups excluding carboxylic acids is 1. The molecule has 0 radical (unpaired) electrons. The summed E-state index contributed by atoms with van der Waals surface area (Å²) in [5.41, 5.74) is 6.48. The average molecular weight is 265 g/mol. The van der Waals surface area contributed by atoms with Crippen LogP contribution in [0.15, 0.2) is 12.1 Å². The van der Waals surface area contributed by atoms with Crippen molar-refractivity contribution in [2.45, 2.75) is 19.3 Å². The van der Waals surface area contributed by atoms with Gasteiger partial charge in [-0.3, -0.25) is 9.59 Å². The highest BCUT2D eigenvalue weighted by Crippen LogP contribution is 2.34. The molecule has 0 amide bonds. The van der Waals surface area contributed by atoms with Crippen molar-refractivity contribution in [1.82, 2.24) is 0 Å². The minimum Gasteiger partial charge on any atom is -0.486 e. The van der Waals surface area contributed by atoms with E-state index >= 15 is 0 Å². The van der Waals surface area contributed by atoms with E-state index in [2.05, 4.69) is 0 Å². The van der Waals surface area contributed by atoms with Crippen molar-refractivity contribution in [3.8, 4) is 11.5 Å². The first-order valence-electron chi connectivity index (χ1n) is 6.02. The number of anilines is 1. The van der Waals surface area contributed by atoms with Gasteiger partial charge in [0.2, 0.25) is 0 Å². The molecule has 6 heteroatoms. The number of carboxylic acid groups (broad SMARTS) is 1. The lowest BCUT2D eigenvalue weighted by Gasteiger charge is -2.19. The molecule has 1 aliphatic rings. The lowest BCUT2D eigenvalue weighted by molar-refractivity contribution is -0.137. The van der Waals surface area contributed by atoms with Crippen LogP contribution in [0.3, 0.4) is 0 Å². The predicted octanol–water partition coefficient (Wildman–Crippen LogP) is 1.48. The molecular weight excluding hydrogens is 250 g/mol. The van der Waals surface area contributed by atoms with Gasteiger partial charge >= 0.3 is 5.97 Å². The Hall–Kier alpha value is -2.24. The van der Waals surface area contributed by atoms with Gasteiger partial charge in [-0.15, -0.1) is 0 Å². The SMILES string of the molecule is Nc1cc2c(cc1C(=O)CCCC(=O)O)OCCO2. The van der Waals surface area contributed by atoms with Crippen LogP contribution in [-0.4, -0.2) is 30.1 Å². The van der Waals surface area contributed by atoms with E-state index in [1.165, 1.54) is 0 Å². The van der Waals surface area contributed by atoms with Gasteiger partial charge in [-0.2, -0.15) is 0 Å². The predicted molar refractivity (Wildman–Crippen MR) is 67.7 cm³/mol. The second kappa shape index (κ2) is 5.60. The van der Waals surface area contributed by atoms with Crippen molar-refractivity contribution in [1.29, 1.82) is 0 Å². The van der Waals surface area contributed by atoms with Crippen LogP contribution in [0, 0.1) is 0 Å². The van der Waals surface area contributed by atoms with Gasteiger partial charge in [0.05, 0.1) is 0 Å². The van der Waals surface area contributed by atoms with Gasteiger partial charge in [0.25, 0.3) is 0 Å². The summed E-state index contributed by atoms with van der Waals surface area (Å²) >= 11 is 0. The molecule has 3 N–H and O–H groups in total. The third-order valence-electron chi connectivity index (χ3n) is 2.81. The van der Waals surface area contributed by atoms with E-state index in [-0.39, 0.29) is 18.6 Å². The number of nitrogens with two attached hydrogens (primary N) is 1. The normalized spacial score (nSPS) is 13.1. The highest BCUT2D eigenvalue weighted by atomic mass is 16.6.